The maximum absolute atomic E-state index is 13.2. The van der Waals surface area contributed by atoms with Crippen LogP contribution in [0.5, 0.6) is 5.75 Å². The van der Waals surface area contributed by atoms with Crippen LogP contribution in [-0.2, 0) is 4.79 Å². The van der Waals surface area contributed by atoms with E-state index in [0.29, 0.717) is 53.1 Å². The summed E-state index contributed by atoms with van der Waals surface area (Å²) in [7, 11) is 0. The molecule has 4 heterocycles. The smallest absolute Gasteiger partial charge is 0.262 e. The molecule has 1 aliphatic carbocycles. The van der Waals surface area contributed by atoms with Crippen molar-refractivity contribution >= 4 is 29.2 Å². The second-order valence-electron chi connectivity index (χ2n) is 11.7. The van der Waals surface area contributed by atoms with Gasteiger partial charge in [0.15, 0.2) is 0 Å². The van der Waals surface area contributed by atoms with E-state index in [9.17, 15) is 14.4 Å². The van der Waals surface area contributed by atoms with Gasteiger partial charge in [-0.2, -0.15) is 0 Å². The van der Waals surface area contributed by atoms with Gasteiger partial charge in [-0.3, -0.25) is 19.3 Å². The number of imide groups is 1. The number of nitrogens with one attached hydrogen (secondary N) is 1. The Balaban J connectivity index is 1.000. The first-order chi connectivity index (χ1) is 19.8. The van der Waals surface area contributed by atoms with Crippen molar-refractivity contribution in [3.8, 4) is 5.75 Å². The van der Waals surface area contributed by atoms with Crippen molar-refractivity contribution in [1.29, 1.82) is 0 Å². The Morgan fingerprint density at radius 3 is 2.51 bits per heavy atom. The van der Waals surface area contributed by atoms with Gasteiger partial charge in [-0.25, -0.2) is 4.98 Å². The van der Waals surface area contributed by atoms with Crippen molar-refractivity contribution in [1.82, 2.24) is 20.1 Å². The number of ether oxygens (including phenoxy) is 1. The molecule has 10 heteroatoms. The number of carbonyl (C=O) groups excluding carboxylic acids is 3. The lowest BCUT2D eigenvalue weighted by atomic mass is 9.86. The Morgan fingerprint density at radius 2 is 1.83 bits per heavy atom. The highest BCUT2D eigenvalue weighted by Crippen LogP contribution is 2.35. The number of hydrogen-bond acceptors (Lipinski definition) is 8. The topological polar surface area (TPSA) is 121 Å². The molecule has 41 heavy (non-hydrogen) atoms. The molecule has 0 bridgehead atoms. The molecule has 1 unspecified atom stereocenters. The Bertz CT molecular complexity index is 1350. The molecule has 1 aromatic heterocycles. The minimum absolute atomic E-state index is 0.0731. The van der Waals surface area contributed by atoms with Crippen molar-refractivity contribution in [3.05, 3.63) is 59.9 Å². The highest BCUT2D eigenvalue weighted by Gasteiger charge is 2.44. The van der Waals surface area contributed by atoms with Crippen LogP contribution in [-0.4, -0.2) is 76.9 Å². The van der Waals surface area contributed by atoms with Gasteiger partial charge in [-0.1, -0.05) is 13.5 Å². The van der Waals surface area contributed by atoms with E-state index in [1.807, 2.05) is 12.1 Å². The van der Waals surface area contributed by atoms with Crippen LogP contribution in [0.1, 0.15) is 66.2 Å². The van der Waals surface area contributed by atoms with Gasteiger partial charge < -0.3 is 25.6 Å². The fraction of sp³-hybridized carbons (Fsp3) is 0.484. The average molecular weight is 559 g/mol. The third-order valence-electron chi connectivity index (χ3n) is 9.02. The van der Waals surface area contributed by atoms with Gasteiger partial charge in [0.25, 0.3) is 11.8 Å². The van der Waals surface area contributed by atoms with Crippen LogP contribution < -0.4 is 20.7 Å². The van der Waals surface area contributed by atoms with Crippen molar-refractivity contribution < 1.29 is 19.1 Å². The molecule has 0 spiro atoms. The molecular formula is C31H38N6O4. The zero-order valence-electron chi connectivity index (χ0n) is 23.6. The third-order valence-corrected chi connectivity index (χ3v) is 9.02. The van der Waals surface area contributed by atoms with Gasteiger partial charge in [-0.15, -0.1) is 0 Å². The number of rotatable bonds is 8. The number of nitrogens with zero attached hydrogens (tertiary/aromatic N) is 4. The van der Waals surface area contributed by atoms with Crippen LogP contribution >= 0.6 is 0 Å². The van der Waals surface area contributed by atoms with E-state index >= 15 is 0 Å². The van der Waals surface area contributed by atoms with Crippen LogP contribution in [0.4, 0.5) is 11.5 Å². The number of allylic oxidation sites excluding steroid dienone is 1. The van der Waals surface area contributed by atoms with Gasteiger partial charge in [0.05, 0.1) is 23.0 Å². The number of anilines is 2. The molecule has 216 valence electrons. The number of hydrogen-bond donors (Lipinski definition) is 2. The summed E-state index contributed by atoms with van der Waals surface area (Å²) in [4.78, 5) is 49.1. The van der Waals surface area contributed by atoms with E-state index in [2.05, 4.69) is 33.6 Å². The van der Waals surface area contributed by atoms with Crippen LogP contribution in [0.3, 0.4) is 0 Å². The van der Waals surface area contributed by atoms with Gasteiger partial charge in [0, 0.05) is 44.2 Å². The van der Waals surface area contributed by atoms with Crippen molar-refractivity contribution in [2.75, 3.05) is 36.8 Å². The van der Waals surface area contributed by atoms with E-state index in [1.54, 1.807) is 24.4 Å². The molecule has 0 radical (unpaired) electrons. The molecule has 3 fully saturated rings. The number of benzene rings is 1. The van der Waals surface area contributed by atoms with Crippen LogP contribution in [0.2, 0.25) is 0 Å². The summed E-state index contributed by atoms with van der Waals surface area (Å²) in [5.74, 6) is 1.01. The normalized spacial score (nSPS) is 24.9. The monoisotopic (exact) mass is 558 g/mol. The minimum Gasteiger partial charge on any atom is -0.490 e. The van der Waals surface area contributed by atoms with E-state index in [0.717, 1.165) is 62.6 Å². The molecule has 1 atom stereocenters. The number of carbonyl (C=O) groups is 3. The molecule has 10 nitrogen and oxygen atoms in total. The number of fused-ring (bicyclic) bond motifs is 1. The molecule has 1 saturated carbocycles. The number of aromatic nitrogens is 1. The summed E-state index contributed by atoms with van der Waals surface area (Å²) < 4.78 is 6.24. The first-order valence-corrected chi connectivity index (χ1v) is 14.7. The molecule has 3 aliphatic heterocycles. The van der Waals surface area contributed by atoms with Gasteiger partial charge >= 0.3 is 0 Å². The molecule has 2 aromatic rings. The predicted molar refractivity (Wildman–Crippen MR) is 156 cm³/mol. The predicted octanol–water partition coefficient (Wildman–Crippen LogP) is 3.20. The maximum Gasteiger partial charge on any atom is 0.262 e. The molecule has 3 N–H and O–H groups in total. The third kappa shape index (κ3) is 5.40. The van der Waals surface area contributed by atoms with E-state index in [1.165, 1.54) is 0 Å². The van der Waals surface area contributed by atoms with Crippen LogP contribution in [0.25, 0.3) is 0 Å². The molecule has 6 rings (SSSR count). The van der Waals surface area contributed by atoms with E-state index < -0.39 is 17.9 Å². The summed E-state index contributed by atoms with van der Waals surface area (Å²) in [5, 5.41) is 2.66. The van der Waals surface area contributed by atoms with Crippen LogP contribution in [0, 0.1) is 5.92 Å². The average Bonchev–Trinajstić information content (AvgIpc) is 3.19. The zero-order chi connectivity index (χ0) is 28.7. The Kier molecular flexibility index (Phi) is 7.42. The quantitative estimate of drug-likeness (QED) is 0.474. The van der Waals surface area contributed by atoms with Gasteiger partial charge in [0.1, 0.15) is 23.7 Å². The fourth-order valence-electron chi connectivity index (χ4n) is 6.53. The lowest BCUT2D eigenvalue weighted by Gasteiger charge is -2.44. The van der Waals surface area contributed by atoms with Crippen molar-refractivity contribution in [2.45, 2.75) is 63.6 Å². The highest BCUT2D eigenvalue weighted by atomic mass is 16.5. The van der Waals surface area contributed by atoms with E-state index in [4.69, 9.17) is 10.5 Å². The molecule has 4 aliphatic rings. The number of pyridine rings is 1. The number of amides is 3. The minimum atomic E-state index is -0.814. The van der Waals surface area contributed by atoms with Gasteiger partial charge in [0.2, 0.25) is 5.91 Å². The number of nitrogen functional groups attached to an aromatic ring is 1. The fourth-order valence-corrected chi connectivity index (χ4v) is 6.53. The van der Waals surface area contributed by atoms with Crippen molar-refractivity contribution in [3.63, 3.8) is 0 Å². The Hall–Kier alpha value is -3.92. The molecular weight excluding hydrogens is 520 g/mol. The number of nitrogens with two attached hydrogens (primary N) is 1. The summed E-state index contributed by atoms with van der Waals surface area (Å²) in [5.41, 5.74) is 7.70. The highest BCUT2D eigenvalue weighted by molar-refractivity contribution is 6.23. The maximum atomic E-state index is 13.2. The largest absolute Gasteiger partial charge is 0.490 e. The first kappa shape index (κ1) is 27.3. The van der Waals surface area contributed by atoms with Gasteiger partial charge in [-0.05, 0) is 68.5 Å². The summed E-state index contributed by atoms with van der Waals surface area (Å²) in [6.45, 7) is 10.1. The molecule has 1 aromatic carbocycles. The number of piperidine rings is 2. The second kappa shape index (κ2) is 11.2. The second-order valence-corrected chi connectivity index (χ2v) is 11.7. The van der Waals surface area contributed by atoms with E-state index in [-0.39, 0.29) is 12.0 Å². The summed E-state index contributed by atoms with van der Waals surface area (Å²) in [6, 6.07) is 8.63. The SMILES string of the molecule is C=C1CCC(N2C(=O)c3ccc(OC4CC(N(CC)CC5CCN(c6ccc(N)cn6)CC5)C4)cc3C2=O)C(=O)N1. The van der Waals surface area contributed by atoms with Crippen molar-refractivity contribution in [2.24, 2.45) is 5.92 Å². The Morgan fingerprint density at radius 1 is 1.07 bits per heavy atom. The Labute approximate surface area is 240 Å². The molecule has 2 saturated heterocycles. The lowest BCUT2D eigenvalue weighted by Crippen LogP contribution is -2.51. The standard InChI is InChI=1S/C31H38N6O4/c1-3-35(18-20-10-12-36(13-11-20)28-9-5-21(32)17-33-28)22-14-24(15-22)41-23-6-7-25-26(16-23)31(40)37(30(25)39)27-8-4-19(2)34-29(27)38/h5-7,9,16-17,20,22,24,27H,2-4,8,10-15,18,32H2,1H3,(H,34,38). The lowest BCUT2D eigenvalue weighted by molar-refractivity contribution is -0.125. The summed E-state index contributed by atoms with van der Waals surface area (Å²) in [6.07, 6.45) is 6.88. The van der Waals surface area contributed by atoms with Crippen LogP contribution in [0.15, 0.2) is 48.8 Å². The zero-order valence-corrected chi connectivity index (χ0v) is 23.6. The first-order valence-electron chi connectivity index (χ1n) is 14.7. The summed E-state index contributed by atoms with van der Waals surface area (Å²) >= 11 is 0. The molecule has 3 amide bonds.